The molecule has 106 valence electrons. The summed E-state index contributed by atoms with van der Waals surface area (Å²) in [5.41, 5.74) is 2.04. The maximum absolute atomic E-state index is 12.3. The van der Waals surface area contributed by atoms with Gasteiger partial charge in [-0.25, -0.2) is 0 Å². The van der Waals surface area contributed by atoms with Crippen LogP contribution in [-0.4, -0.2) is 5.11 Å². The van der Waals surface area contributed by atoms with Crippen LogP contribution in [0.25, 0.3) is 22.3 Å². The van der Waals surface area contributed by atoms with E-state index in [0.29, 0.717) is 25.7 Å². The Kier molecular flexibility index (Phi) is 3.63. The lowest BCUT2D eigenvalue weighted by atomic mass is 10.1. The van der Waals surface area contributed by atoms with Gasteiger partial charge in [-0.2, -0.15) is 0 Å². The Hall–Kier alpha value is -1.59. The molecule has 0 atom stereocenters. The van der Waals surface area contributed by atoms with Crippen LogP contribution in [0.4, 0.5) is 0 Å². The summed E-state index contributed by atoms with van der Waals surface area (Å²) in [4.78, 5) is 12.3. The second-order valence-electron chi connectivity index (χ2n) is 4.69. The Labute approximate surface area is 137 Å². The van der Waals surface area contributed by atoms with Crippen LogP contribution < -0.4 is 5.43 Å². The summed E-state index contributed by atoms with van der Waals surface area (Å²) in [6.07, 6.45) is 0. The highest BCUT2D eigenvalue weighted by molar-refractivity contribution is 9.11. The number of phenols is 1. The Bertz CT molecular complexity index is 913. The van der Waals surface area contributed by atoms with Gasteiger partial charge < -0.3 is 9.52 Å². The standard InChI is InChI=1S/C16H10Br2O3/c1-8-4-2-3-5-9(8)13-7-12(19)10-6-11(17)15(20)14(18)16(10)21-13/h2-7,20H,1H3. The molecule has 0 bridgehead atoms. The van der Waals surface area contributed by atoms with Gasteiger partial charge in [0.25, 0.3) is 0 Å². The molecule has 0 radical (unpaired) electrons. The molecule has 0 unspecified atom stereocenters. The van der Waals surface area contributed by atoms with E-state index in [1.54, 1.807) is 6.07 Å². The topological polar surface area (TPSA) is 50.4 Å². The lowest BCUT2D eigenvalue weighted by Gasteiger charge is -2.08. The van der Waals surface area contributed by atoms with E-state index in [1.165, 1.54) is 6.07 Å². The first-order valence-electron chi connectivity index (χ1n) is 6.20. The number of aromatic hydroxyl groups is 1. The van der Waals surface area contributed by atoms with Crippen molar-refractivity contribution in [2.24, 2.45) is 0 Å². The molecule has 1 aromatic heterocycles. The second kappa shape index (κ2) is 5.31. The third-order valence-electron chi connectivity index (χ3n) is 3.30. The zero-order chi connectivity index (χ0) is 15.1. The van der Waals surface area contributed by atoms with Gasteiger partial charge in [-0.15, -0.1) is 0 Å². The van der Waals surface area contributed by atoms with Gasteiger partial charge in [-0.1, -0.05) is 24.3 Å². The van der Waals surface area contributed by atoms with Gasteiger partial charge in [0.2, 0.25) is 0 Å². The molecule has 3 nitrogen and oxygen atoms in total. The van der Waals surface area contributed by atoms with Crippen molar-refractivity contribution in [2.75, 3.05) is 0 Å². The predicted octanol–water partition coefficient (Wildman–Crippen LogP) is 5.00. The minimum atomic E-state index is -0.157. The van der Waals surface area contributed by atoms with Crippen LogP contribution in [0, 0.1) is 6.92 Å². The maximum Gasteiger partial charge on any atom is 0.193 e. The van der Waals surface area contributed by atoms with Crippen LogP contribution in [0.1, 0.15) is 5.56 Å². The van der Waals surface area contributed by atoms with Gasteiger partial charge in [-0.05, 0) is 50.4 Å². The zero-order valence-corrected chi connectivity index (χ0v) is 14.2. The van der Waals surface area contributed by atoms with E-state index in [2.05, 4.69) is 31.9 Å². The summed E-state index contributed by atoms with van der Waals surface area (Å²) in [6, 6.07) is 10.7. The van der Waals surface area contributed by atoms with Crippen LogP contribution in [0.3, 0.4) is 0 Å². The van der Waals surface area contributed by atoms with Gasteiger partial charge in [0.05, 0.1) is 9.86 Å². The smallest absolute Gasteiger partial charge is 0.193 e. The average molecular weight is 410 g/mol. The Morgan fingerprint density at radius 3 is 2.57 bits per heavy atom. The molecule has 0 saturated carbocycles. The minimum Gasteiger partial charge on any atom is -0.505 e. The molecule has 0 saturated heterocycles. The monoisotopic (exact) mass is 408 g/mol. The van der Waals surface area contributed by atoms with Gasteiger partial charge in [0.1, 0.15) is 16.0 Å². The van der Waals surface area contributed by atoms with Crippen molar-refractivity contribution in [3.05, 3.63) is 61.1 Å². The first-order valence-corrected chi connectivity index (χ1v) is 7.78. The highest BCUT2D eigenvalue weighted by Gasteiger charge is 2.15. The van der Waals surface area contributed by atoms with Crippen molar-refractivity contribution in [3.8, 4) is 17.1 Å². The van der Waals surface area contributed by atoms with Gasteiger partial charge >= 0.3 is 0 Å². The normalized spacial score (nSPS) is 11.0. The molecule has 3 aromatic rings. The fourth-order valence-electron chi connectivity index (χ4n) is 2.19. The molecule has 5 heteroatoms. The van der Waals surface area contributed by atoms with Crippen molar-refractivity contribution < 1.29 is 9.52 Å². The maximum atomic E-state index is 12.3. The Morgan fingerprint density at radius 1 is 1.14 bits per heavy atom. The van der Waals surface area contributed by atoms with Gasteiger partial charge in [-0.3, -0.25) is 4.79 Å². The van der Waals surface area contributed by atoms with E-state index in [4.69, 9.17) is 4.42 Å². The first kappa shape index (κ1) is 14.4. The number of benzene rings is 2. The molecule has 0 aliphatic rings. The van der Waals surface area contributed by atoms with E-state index in [0.717, 1.165) is 11.1 Å². The summed E-state index contributed by atoms with van der Waals surface area (Å²) in [5, 5.41) is 10.4. The average Bonchev–Trinajstić information content (AvgIpc) is 2.46. The van der Waals surface area contributed by atoms with E-state index < -0.39 is 0 Å². The molecule has 0 aliphatic heterocycles. The fraction of sp³-hybridized carbons (Fsp3) is 0.0625. The third kappa shape index (κ3) is 2.40. The second-order valence-corrected chi connectivity index (χ2v) is 6.33. The SMILES string of the molecule is Cc1ccccc1-c1cc(=O)c2cc(Br)c(O)c(Br)c2o1. The van der Waals surface area contributed by atoms with E-state index in [9.17, 15) is 9.90 Å². The van der Waals surface area contributed by atoms with E-state index in [1.807, 2.05) is 31.2 Å². The highest BCUT2D eigenvalue weighted by atomic mass is 79.9. The molecule has 0 spiro atoms. The minimum absolute atomic E-state index is 0.00702. The lowest BCUT2D eigenvalue weighted by molar-refractivity contribution is 0.467. The number of phenolic OH excluding ortho intramolecular Hbond substituents is 1. The molecule has 1 heterocycles. The number of hydrogen-bond acceptors (Lipinski definition) is 3. The number of rotatable bonds is 1. The summed E-state index contributed by atoms with van der Waals surface area (Å²) in [5.74, 6) is 0.487. The van der Waals surface area contributed by atoms with Crippen LogP contribution in [0.2, 0.25) is 0 Å². The Morgan fingerprint density at radius 2 is 1.86 bits per heavy atom. The molecular formula is C16H10Br2O3. The predicted molar refractivity (Wildman–Crippen MR) is 89.7 cm³/mol. The summed E-state index contributed by atoms with van der Waals surface area (Å²) < 4.78 is 6.65. The molecular weight excluding hydrogens is 400 g/mol. The summed E-state index contributed by atoms with van der Waals surface area (Å²) >= 11 is 6.49. The van der Waals surface area contributed by atoms with Crippen LogP contribution in [0.5, 0.6) is 5.75 Å². The zero-order valence-electron chi connectivity index (χ0n) is 11.0. The fourth-order valence-corrected chi connectivity index (χ4v) is 3.39. The first-order chi connectivity index (χ1) is 9.99. The van der Waals surface area contributed by atoms with Crippen molar-refractivity contribution in [2.45, 2.75) is 6.92 Å². The Balaban J connectivity index is 2.39. The van der Waals surface area contributed by atoms with Gasteiger partial charge in [0.15, 0.2) is 11.0 Å². The van der Waals surface area contributed by atoms with E-state index >= 15 is 0 Å². The molecule has 21 heavy (non-hydrogen) atoms. The molecule has 2 aromatic carbocycles. The van der Waals surface area contributed by atoms with Crippen molar-refractivity contribution in [1.82, 2.24) is 0 Å². The number of fused-ring (bicyclic) bond motifs is 1. The van der Waals surface area contributed by atoms with E-state index in [-0.39, 0.29) is 11.2 Å². The van der Waals surface area contributed by atoms with Crippen LogP contribution in [-0.2, 0) is 0 Å². The quantitative estimate of drug-likeness (QED) is 0.615. The molecule has 1 N–H and O–H groups in total. The molecule has 0 amide bonds. The van der Waals surface area contributed by atoms with Crippen LogP contribution >= 0.6 is 31.9 Å². The number of aryl methyl sites for hydroxylation is 1. The lowest BCUT2D eigenvalue weighted by Crippen LogP contribution is -2.01. The van der Waals surface area contributed by atoms with Crippen molar-refractivity contribution in [3.63, 3.8) is 0 Å². The van der Waals surface area contributed by atoms with Crippen LogP contribution in [0.15, 0.2) is 54.6 Å². The van der Waals surface area contributed by atoms with Crippen molar-refractivity contribution in [1.29, 1.82) is 0 Å². The van der Waals surface area contributed by atoms with Gasteiger partial charge in [0, 0.05) is 11.6 Å². The summed E-state index contributed by atoms with van der Waals surface area (Å²) in [7, 11) is 0. The number of halogens is 2. The third-order valence-corrected chi connectivity index (χ3v) is 4.64. The largest absolute Gasteiger partial charge is 0.505 e. The number of hydrogen-bond donors (Lipinski definition) is 1. The molecule has 0 aliphatic carbocycles. The molecule has 0 fully saturated rings. The highest BCUT2D eigenvalue weighted by Crippen LogP contribution is 2.39. The van der Waals surface area contributed by atoms with Crippen molar-refractivity contribution >= 4 is 42.8 Å². The summed E-state index contributed by atoms with van der Waals surface area (Å²) in [6.45, 7) is 1.95. The molecule has 3 rings (SSSR count).